The molecule has 0 radical (unpaired) electrons. The van der Waals surface area contributed by atoms with Crippen molar-refractivity contribution in [3.63, 3.8) is 0 Å². The number of carboxylic acid groups (broad SMARTS) is 1. The van der Waals surface area contributed by atoms with Crippen molar-refractivity contribution in [3.05, 3.63) is 35.3 Å². The Morgan fingerprint density at radius 3 is 2.96 bits per heavy atom. The molecule has 0 amide bonds. The molecule has 0 aliphatic heterocycles. The molecule has 0 aromatic carbocycles. The standard InChI is InChI=1S/C19H24O4/c1-18-8-5-12-7-10-23-16(12)14(18)6-9-19(17(21)22)13(11-20)3-2-4-15(18)19/h3,7,10,14-15,20H,2,4-6,8-9,11H2,1H3,(H,21,22). The van der Waals surface area contributed by atoms with E-state index in [1.165, 1.54) is 5.56 Å². The smallest absolute Gasteiger partial charge is 0.314 e. The number of carboxylic acids is 1. The van der Waals surface area contributed by atoms with Crippen LogP contribution in [-0.2, 0) is 11.2 Å². The zero-order valence-electron chi connectivity index (χ0n) is 13.5. The van der Waals surface area contributed by atoms with E-state index in [9.17, 15) is 15.0 Å². The van der Waals surface area contributed by atoms with Crippen molar-refractivity contribution in [1.82, 2.24) is 0 Å². The van der Waals surface area contributed by atoms with Gasteiger partial charge in [0, 0.05) is 5.92 Å². The zero-order valence-corrected chi connectivity index (χ0v) is 13.5. The van der Waals surface area contributed by atoms with Crippen LogP contribution >= 0.6 is 0 Å². The lowest BCUT2D eigenvalue weighted by atomic mass is 9.44. The first-order valence-corrected chi connectivity index (χ1v) is 8.64. The molecule has 2 N–H and O–H groups in total. The molecule has 4 heteroatoms. The molecule has 4 unspecified atom stereocenters. The second kappa shape index (κ2) is 4.97. The fraction of sp³-hybridized carbons (Fsp3) is 0.632. The molecule has 3 aliphatic carbocycles. The van der Waals surface area contributed by atoms with Crippen molar-refractivity contribution >= 4 is 5.97 Å². The number of aliphatic hydroxyl groups excluding tert-OH is 1. The topological polar surface area (TPSA) is 70.7 Å². The van der Waals surface area contributed by atoms with Crippen molar-refractivity contribution in [2.75, 3.05) is 6.61 Å². The lowest BCUT2D eigenvalue weighted by Crippen LogP contribution is -2.56. The summed E-state index contributed by atoms with van der Waals surface area (Å²) >= 11 is 0. The second-order valence-electron chi connectivity index (χ2n) is 7.70. The van der Waals surface area contributed by atoms with E-state index in [1.54, 1.807) is 6.26 Å². The Morgan fingerprint density at radius 1 is 1.39 bits per heavy atom. The van der Waals surface area contributed by atoms with Crippen molar-refractivity contribution < 1.29 is 19.4 Å². The zero-order chi connectivity index (χ0) is 16.2. The van der Waals surface area contributed by atoms with Gasteiger partial charge in [-0.25, -0.2) is 0 Å². The molecule has 3 aliphatic rings. The van der Waals surface area contributed by atoms with E-state index in [1.807, 2.05) is 6.08 Å². The minimum atomic E-state index is -0.887. The number of aliphatic hydroxyl groups is 1. The first-order valence-electron chi connectivity index (χ1n) is 8.64. The molecular formula is C19H24O4. The fourth-order valence-corrected chi connectivity index (χ4v) is 5.89. The number of allylic oxidation sites excluding steroid dienone is 1. The van der Waals surface area contributed by atoms with Gasteiger partial charge < -0.3 is 14.6 Å². The van der Waals surface area contributed by atoms with E-state index in [0.717, 1.165) is 43.4 Å². The number of furan rings is 1. The van der Waals surface area contributed by atoms with Gasteiger partial charge in [0.05, 0.1) is 18.3 Å². The van der Waals surface area contributed by atoms with E-state index >= 15 is 0 Å². The molecule has 4 nitrogen and oxygen atoms in total. The second-order valence-corrected chi connectivity index (χ2v) is 7.70. The molecule has 1 saturated carbocycles. The van der Waals surface area contributed by atoms with Gasteiger partial charge in [-0.3, -0.25) is 4.79 Å². The third-order valence-electron chi connectivity index (χ3n) is 7.02. The summed E-state index contributed by atoms with van der Waals surface area (Å²) in [5.74, 6) is 0.693. The largest absolute Gasteiger partial charge is 0.481 e. The molecule has 124 valence electrons. The van der Waals surface area contributed by atoms with Crippen LogP contribution in [0, 0.1) is 16.7 Å². The van der Waals surface area contributed by atoms with E-state index in [0.29, 0.717) is 12.3 Å². The van der Waals surface area contributed by atoms with Crippen molar-refractivity contribution in [3.8, 4) is 0 Å². The van der Waals surface area contributed by atoms with Crippen LogP contribution < -0.4 is 0 Å². The maximum absolute atomic E-state index is 12.3. The molecule has 23 heavy (non-hydrogen) atoms. The molecule has 0 saturated heterocycles. The Kier molecular flexibility index (Phi) is 3.24. The molecule has 0 spiro atoms. The van der Waals surface area contributed by atoms with Crippen molar-refractivity contribution in [2.24, 2.45) is 16.7 Å². The van der Waals surface area contributed by atoms with Crippen molar-refractivity contribution in [1.29, 1.82) is 0 Å². The highest BCUT2D eigenvalue weighted by Crippen LogP contribution is 2.66. The number of hydrogen-bond acceptors (Lipinski definition) is 3. The number of hydrogen-bond donors (Lipinski definition) is 2. The maximum atomic E-state index is 12.3. The van der Waals surface area contributed by atoms with Gasteiger partial charge in [-0.1, -0.05) is 13.0 Å². The van der Waals surface area contributed by atoms with Gasteiger partial charge in [0.15, 0.2) is 0 Å². The number of rotatable bonds is 2. The van der Waals surface area contributed by atoms with Gasteiger partial charge in [0.25, 0.3) is 0 Å². The number of aryl methyl sites for hydroxylation is 1. The molecule has 4 rings (SSSR count). The van der Waals surface area contributed by atoms with Crippen LogP contribution in [0.25, 0.3) is 0 Å². The van der Waals surface area contributed by atoms with Gasteiger partial charge in [-0.05, 0) is 67.1 Å². The molecule has 1 aromatic heterocycles. The summed E-state index contributed by atoms with van der Waals surface area (Å²) in [4.78, 5) is 12.3. The highest BCUT2D eigenvalue weighted by Gasteiger charge is 2.62. The third kappa shape index (κ3) is 1.78. The lowest BCUT2D eigenvalue weighted by molar-refractivity contribution is -0.161. The van der Waals surface area contributed by atoms with Gasteiger partial charge in [0.1, 0.15) is 5.76 Å². The number of carbonyl (C=O) groups is 1. The van der Waals surface area contributed by atoms with Crippen LogP contribution in [0.5, 0.6) is 0 Å². The van der Waals surface area contributed by atoms with Gasteiger partial charge >= 0.3 is 5.97 Å². The Morgan fingerprint density at radius 2 is 2.22 bits per heavy atom. The minimum Gasteiger partial charge on any atom is -0.481 e. The molecule has 1 heterocycles. The summed E-state index contributed by atoms with van der Waals surface area (Å²) in [5.41, 5.74) is 1.06. The molecule has 4 atom stereocenters. The van der Waals surface area contributed by atoms with Gasteiger partial charge in [-0.15, -0.1) is 0 Å². The quantitative estimate of drug-likeness (QED) is 0.819. The molecule has 1 fully saturated rings. The predicted octanol–water partition coefficient (Wildman–Crippen LogP) is 3.51. The van der Waals surface area contributed by atoms with Crippen molar-refractivity contribution in [2.45, 2.75) is 51.4 Å². The van der Waals surface area contributed by atoms with Crippen LogP contribution in [0.3, 0.4) is 0 Å². The highest BCUT2D eigenvalue weighted by atomic mass is 16.4. The predicted molar refractivity (Wildman–Crippen MR) is 85.1 cm³/mol. The molecule has 1 aromatic rings. The molecular weight excluding hydrogens is 292 g/mol. The van der Waals surface area contributed by atoms with E-state index < -0.39 is 11.4 Å². The number of aliphatic carboxylic acids is 1. The van der Waals surface area contributed by atoms with Gasteiger partial charge in [-0.2, -0.15) is 0 Å². The summed E-state index contributed by atoms with van der Waals surface area (Å²) < 4.78 is 5.81. The summed E-state index contributed by atoms with van der Waals surface area (Å²) in [6, 6.07) is 2.06. The maximum Gasteiger partial charge on any atom is 0.314 e. The monoisotopic (exact) mass is 316 g/mol. The first-order chi connectivity index (χ1) is 11.0. The third-order valence-corrected chi connectivity index (χ3v) is 7.02. The fourth-order valence-electron chi connectivity index (χ4n) is 5.89. The summed E-state index contributed by atoms with van der Waals surface area (Å²) in [6.07, 6.45) is 8.87. The van der Waals surface area contributed by atoms with E-state index in [4.69, 9.17) is 4.42 Å². The van der Waals surface area contributed by atoms with Crippen LogP contribution in [0.2, 0.25) is 0 Å². The van der Waals surface area contributed by atoms with Crippen LogP contribution in [0.1, 0.15) is 56.3 Å². The SMILES string of the molecule is CC12CCc3ccoc3C1CCC1(C(=O)O)C(CO)=CCCC12. The Hall–Kier alpha value is -1.55. The normalized spacial score (nSPS) is 39.0. The highest BCUT2D eigenvalue weighted by molar-refractivity contribution is 5.80. The average molecular weight is 316 g/mol. The van der Waals surface area contributed by atoms with Crippen LogP contribution in [-0.4, -0.2) is 22.8 Å². The number of fused-ring (bicyclic) bond motifs is 5. The average Bonchev–Trinajstić information content (AvgIpc) is 3.02. The molecule has 0 bridgehead atoms. The summed E-state index contributed by atoms with van der Waals surface area (Å²) in [6.45, 7) is 2.11. The Bertz CT molecular complexity index is 673. The van der Waals surface area contributed by atoms with E-state index in [2.05, 4.69) is 13.0 Å². The Labute approximate surface area is 136 Å². The van der Waals surface area contributed by atoms with Crippen LogP contribution in [0.4, 0.5) is 0 Å². The Balaban J connectivity index is 1.84. The lowest BCUT2D eigenvalue weighted by Gasteiger charge is -2.58. The summed E-state index contributed by atoms with van der Waals surface area (Å²) in [5, 5.41) is 19.9. The van der Waals surface area contributed by atoms with Crippen LogP contribution in [0.15, 0.2) is 28.4 Å². The van der Waals surface area contributed by atoms with Gasteiger partial charge in [0.2, 0.25) is 0 Å². The summed E-state index contributed by atoms with van der Waals surface area (Å²) in [7, 11) is 0. The first kappa shape index (κ1) is 15.0. The van der Waals surface area contributed by atoms with E-state index in [-0.39, 0.29) is 17.9 Å². The minimum absolute atomic E-state index is 0.0663.